The molecule has 2 aromatic carbocycles. The highest BCUT2D eigenvalue weighted by Crippen LogP contribution is 2.25. The lowest BCUT2D eigenvalue weighted by atomic mass is 10.1. The Morgan fingerprint density at radius 2 is 1.89 bits per heavy atom. The number of aliphatic hydroxyl groups excluding tert-OH is 2. The molecule has 0 radical (unpaired) electrons. The first-order chi connectivity index (χ1) is 9.31. The van der Waals surface area contributed by atoms with Crippen LogP contribution in [-0.4, -0.2) is 42.6 Å². The predicted octanol–water partition coefficient (Wildman–Crippen LogP) is 1.16. The molecule has 0 fully saturated rings. The van der Waals surface area contributed by atoms with E-state index in [2.05, 4.69) is 5.32 Å². The van der Waals surface area contributed by atoms with E-state index in [1.807, 2.05) is 42.5 Å². The van der Waals surface area contributed by atoms with Gasteiger partial charge in [-0.25, -0.2) is 0 Å². The van der Waals surface area contributed by atoms with Gasteiger partial charge in [0.25, 0.3) is 0 Å². The summed E-state index contributed by atoms with van der Waals surface area (Å²) in [6.07, 6.45) is -0.592. The van der Waals surface area contributed by atoms with E-state index in [0.717, 1.165) is 16.5 Å². The van der Waals surface area contributed by atoms with Crippen molar-refractivity contribution in [3.8, 4) is 5.75 Å². The smallest absolute Gasteiger partial charge is 0.127 e. The third kappa shape index (κ3) is 3.92. The summed E-state index contributed by atoms with van der Waals surface area (Å²) in [5, 5.41) is 23.5. The van der Waals surface area contributed by atoms with Crippen LogP contribution in [0.2, 0.25) is 0 Å². The molecule has 0 aliphatic carbocycles. The summed E-state index contributed by atoms with van der Waals surface area (Å²) in [5.74, 6) is 0.777. The average Bonchev–Trinajstić information content (AvgIpc) is 2.45. The lowest BCUT2D eigenvalue weighted by Crippen LogP contribution is -2.32. The highest BCUT2D eigenvalue weighted by molar-refractivity contribution is 5.88. The van der Waals surface area contributed by atoms with Gasteiger partial charge in [-0.05, 0) is 11.5 Å². The molecule has 0 aromatic heterocycles. The molecule has 0 heterocycles. The molecule has 0 aliphatic heterocycles. The molecule has 3 N–H and O–H groups in total. The second-order valence-electron chi connectivity index (χ2n) is 4.37. The maximum Gasteiger partial charge on any atom is 0.127 e. The van der Waals surface area contributed by atoms with Crippen molar-refractivity contribution in [1.29, 1.82) is 0 Å². The first kappa shape index (κ1) is 13.8. The maximum atomic E-state index is 9.74. The van der Waals surface area contributed by atoms with Crippen molar-refractivity contribution in [3.05, 3.63) is 42.5 Å². The van der Waals surface area contributed by atoms with Crippen molar-refractivity contribution in [2.75, 3.05) is 26.3 Å². The minimum absolute atomic E-state index is 0.0664. The van der Waals surface area contributed by atoms with Gasteiger partial charge in [0.1, 0.15) is 18.5 Å². The van der Waals surface area contributed by atoms with Crippen LogP contribution in [0.25, 0.3) is 10.8 Å². The highest BCUT2D eigenvalue weighted by Gasteiger charge is 2.06. The molecular weight excluding hydrogens is 242 g/mol. The van der Waals surface area contributed by atoms with E-state index in [1.54, 1.807) is 0 Å². The quantitative estimate of drug-likeness (QED) is 0.655. The summed E-state index contributed by atoms with van der Waals surface area (Å²) in [6.45, 7) is 1.18. The van der Waals surface area contributed by atoms with E-state index in [4.69, 9.17) is 9.84 Å². The van der Waals surface area contributed by atoms with Gasteiger partial charge >= 0.3 is 0 Å². The Morgan fingerprint density at radius 1 is 1.11 bits per heavy atom. The third-order valence-corrected chi connectivity index (χ3v) is 2.85. The number of fused-ring (bicyclic) bond motifs is 1. The molecule has 0 amide bonds. The first-order valence-electron chi connectivity index (χ1n) is 6.41. The standard InChI is InChI=1S/C15H19NO3/c17-9-8-16-10-13(18)11-19-15-7-3-5-12-4-1-2-6-14(12)15/h1-7,13,16-18H,8-11H2/t13-/m1/s1. The van der Waals surface area contributed by atoms with Crippen molar-refractivity contribution in [3.63, 3.8) is 0 Å². The number of nitrogens with one attached hydrogen (secondary N) is 1. The zero-order chi connectivity index (χ0) is 13.5. The Balaban J connectivity index is 1.94. The monoisotopic (exact) mass is 261 g/mol. The lowest BCUT2D eigenvalue weighted by molar-refractivity contribution is 0.106. The van der Waals surface area contributed by atoms with Crippen LogP contribution in [0.15, 0.2) is 42.5 Å². The summed E-state index contributed by atoms with van der Waals surface area (Å²) < 4.78 is 5.66. The molecular formula is C15H19NO3. The van der Waals surface area contributed by atoms with Crippen LogP contribution < -0.4 is 10.1 Å². The number of aliphatic hydroxyl groups is 2. The van der Waals surface area contributed by atoms with E-state index in [0.29, 0.717) is 13.1 Å². The molecule has 2 rings (SSSR count). The van der Waals surface area contributed by atoms with Crippen molar-refractivity contribution < 1.29 is 14.9 Å². The number of ether oxygens (including phenoxy) is 1. The van der Waals surface area contributed by atoms with Crippen LogP contribution in [-0.2, 0) is 0 Å². The number of rotatable bonds is 7. The SMILES string of the molecule is OCCNC[C@@H](O)COc1cccc2ccccc12. The van der Waals surface area contributed by atoms with E-state index in [9.17, 15) is 5.11 Å². The first-order valence-corrected chi connectivity index (χ1v) is 6.41. The lowest BCUT2D eigenvalue weighted by Gasteiger charge is -2.14. The summed E-state index contributed by atoms with van der Waals surface area (Å²) in [7, 11) is 0. The second-order valence-corrected chi connectivity index (χ2v) is 4.37. The highest BCUT2D eigenvalue weighted by atomic mass is 16.5. The maximum absolute atomic E-state index is 9.74. The van der Waals surface area contributed by atoms with Gasteiger partial charge in [-0.2, -0.15) is 0 Å². The Labute approximate surface area is 112 Å². The fourth-order valence-electron chi connectivity index (χ4n) is 1.91. The summed E-state index contributed by atoms with van der Waals surface area (Å²) >= 11 is 0. The van der Waals surface area contributed by atoms with Crippen LogP contribution in [0.4, 0.5) is 0 Å². The molecule has 4 heteroatoms. The topological polar surface area (TPSA) is 61.7 Å². The average molecular weight is 261 g/mol. The van der Waals surface area contributed by atoms with Gasteiger partial charge < -0.3 is 20.3 Å². The number of hydrogen-bond acceptors (Lipinski definition) is 4. The van der Waals surface area contributed by atoms with Gasteiger partial charge in [0.15, 0.2) is 0 Å². The third-order valence-electron chi connectivity index (χ3n) is 2.85. The molecule has 0 unspecified atom stereocenters. The van der Waals surface area contributed by atoms with Crippen LogP contribution in [0, 0.1) is 0 Å². The predicted molar refractivity (Wildman–Crippen MR) is 75.4 cm³/mol. The van der Waals surface area contributed by atoms with Gasteiger partial charge in [-0.15, -0.1) is 0 Å². The minimum atomic E-state index is -0.592. The number of hydrogen-bond donors (Lipinski definition) is 3. The zero-order valence-corrected chi connectivity index (χ0v) is 10.7. The molecule has 2 aromatic rings. The largest absolute Gasteiger partial charge is 0.490 e. The molecule has 19 heavy (non-hydrogen) atoms. The van der Waals surface area contributed by atoms with Crippen LogP contribution in [0.5, 0.6) is 5.75 Å². The van der Waals surface area contributed by atoms with E-state index in [-0.39, 0.29) is 13.2 Å². The summed E-state index contributed by atoms with van der Waals surface area (Å²) in [4.78, 5) is 0. The molecule has 0 bridgehead atoms. The fourth-order valence-corrected chi connectivity index (χ4v) is 1.91. The van der Waals surface area contributed by atoms with Gasteiger partial charge in [-0.1, -0.05) is 36.4 Å². The van der Waals surface area contributed by atoms with Gasteiger partial charge in [-0.3, -0.25) is 0 Å². The van der Waals surface area contributed by atoms with E-state index in [1.165, 1.54) is 0 Å². The zero-order valence-electron chi connectivity index (χ0n) is 10.7. The molecule has 4 nitrogen and oxygen atoms in total. The van der Waals surface area contributed by atoms with Gasteiger partial charge in [0, 0.05) is 18.5 Å². The van der Waals surface area contributed by atoms with Gasteiger partial charge in [0.2, 0.25) is 0 Å². The van der Waals surface area contributed by atoms with Gasteiger partial charge in [0.05, 0.1) is 6.61 Å². The van der Waals surface area contributed by atoms with Crippen LogP contribution in [0.3, 0.4) is 0 Å². The van der Waals surface area contributed by atoms with E-state index >= 15 is 0 Å². The molecule has 0 saturated heterocycles. The second kappa shape index (κ2) is 7.09. The van der Waals surface area contributed by atoms with Crippen molar-refractivity contribution >= 4 is 10.8 Å². The Morgan fingerprint density at radius 3 is 2.74 bits per heavy atom. The Kier molecular flexibility index (Phi) is 5.15. The van der Waals surface area contributed by atoms with E-state index < -0.39 is 6.10 Å². The molecule has 1 atom stereocenters. The van der Waals surface area contributed by atoms with Crippen molar-refractivity contribution in [2.45, 2.75) is 6.10 Å². The van der Waals surface area contributed by atoms with Crippen LogP contribution >= 0.6 is 0 Å². The van der Waals surface area contributed by atoms with Crippen molar-refractivity contribution in [2.24, 2.45) is 0 Å². The molecule has 0 aliphatic rings. The van der Waals surface area contributed by atoms with Crippen molar-refractivity contribution in [1.82, 2.24) is 5.32 Å². The van der Waals surface area contributed by atoms with Crippen LogP contribution in [0.1, 0.15) is 0 Å². The summed E-state index contributed by atoms with van der Waals surface area (Å²) in [6, 6.07) is 13.8. The Bertz CT molecular complexity index is 510. The number of benzene rings is 2. The molecule has 0 saturated carbocycles. The fraction of sp³-hybridized carbons (Fsp3) is 0.333. The minimum Gasteiger partial charge on any atom is -0.490 e. The Hall–Kier alpha value is -1.62. The summed E-state index contributed by atoms with van der Waals surface area (Å²) in [5.41, 5.74) is 0. The molecule has 0 spiro atoms. The molecule has 102 valence electrons. The normalized spacial score (nSPS) is 12.5.